The summed E-state index contributed by atoms with van der Waals surface area (Å²) in [5.74, 6) is 0.330. The molecule has 0 aromatic heterocycles. The van der Waals surface area contributed by atoms with E-state index in [4.69, 9.17) is 34.8 Å². The van der Waals surface area contributed by atoms with Crippen LogP contribution in [0.4, 0.5) is 0 Å². The van der Waals surface area contributed by atoms with E-state index in [1.54, 1.807) is 0 Å². The topological polar surface area (TPSA) is 0 Å². The van der Waals surface area contributed by atoms with E-state index in [1.807, 2.05) is 12.1 Å². The molecule has 0 saturated heterocycles. The summed E-state index contributed by atoms with van der Waals surface area (Å²) in [4.78, 5) is 0. The minimum Gasteiger partial charge on any atom is -0.120 e. The molecule has 3 heteroatoms. The Hall–Kier alpha value is -0.690. The lowest BCUT2D eigenvalue weighted by atomic mass is 9.63. The van der Waals surface area contributed by atoms with E-state index in [9.17, 15) is 0 Å². The molecule has 2 bridgehead atoms. The van der Waals surface area contributed by atoms with Crippen LogP contribution in [0.1, 0.15) is 34.1 Å². The van der Waals surface area contributed by atoms with Crippen LogP contribution in [0.25, 0.3) is 0 Å². The summed E-state index contributed by atoms with van der Waals surface area (Å²) >= 11 is 19.3. The van der Waals surface area contributed by atoms with E-state index in [2.05, 4.69) is 30.3 Å². The first-order chi connectivity index (χ1) is 9.18. The van der Waals surface area contributed by atoms with Crippen LogP contribution >= 0.6 is 34.8 Å². The minimum absolute atomic E-state index is 0.0600. The van der Waals surface area contributed by atoms with Crippen LogP contribution in [0.5, 0.6) is 0 Å². The largest absolute Gasteiger partial charge is 0.120 e. The maximum atomic E-state index is 6.60. The van der Waals surface area contributed by atoms with E-state index in [0.717, 1.165) is 5.02 Å². The second-order valence-corrected chi connectivity index (χ2v) is 6.69. The Kier molecular flexibility index (Phi) is 2.64. The molecule has 0 spiro atoms. The lowest BCUT2D eigenvalue weighted by Crippen LogP contribution is -2.41. The number of alkyl halides is 2. The monoisotopic (exact) mass is 308 g/mol. The van der Waals surface area contributed by atoms with Crippen molar-refractivity contribution in [3.8, 4) is 0 Å². The predicted octanol–water partition coefficient (Wildman–Crippen LogP) is 5.15. The van der Waals surface area contributed by atoms with Crippen molar-refractivity contribution in [3.63, 3.8) is 0 Å². The van der Waals surface area contributed by atoms with Gasteiger partial charge in [-0.2, -0.15) is 0 Å². The van der Waals surface area contributed by atoms with Crippen LogP contribution in [-0.2, 0) is 0 Å². The zero-order valence-electron chi connectivity index (χ0n) is 9.98. The summed E-state index contributed by atoms with van der Waals surface area (Å²) in [5.41, 5.74) is 5.15. The van der Waals surface area contributed by atoms with Gasteiger partial charge in [0.05, 0.1) is 10.8 Å². The Labute approximate surface area is 127 Å². The average molecular weight is 310 g/mol. The highest BCUT2D eigenvalue weighted by atomic mass is 35.5. The van der Waals surface area contributed by atoms with Gasteiger partial charge in [0.15, 0.2) is 0 Å². The van der Waals surface area contributed by atoms with E-state index < -0.39 is 0 Å². The smallest absolute Gasteiger partial charge is 0.0618 e. The van der Waals surface area contributed by atoms with Gasteiger partial charge in [0.25, 0.3) is 0 Å². The van der Waals surface area contributed by atoms with Gasteiger partial charge in [-0.3, -0.25) is 0 Å². The van der Waals surface area contributed by atoms with Crippen molar-refractivity contribution < 1.29 is 0 Å². The fraction of sp³-hybridized carbons (Fsp3) is 0.250. The van der Waals surface area contributed by atoms with Gasteiger partial charge in [-0.25, -0.2) is 0 Å². The Balaban J connectivity index is 2.05. The first-order valence-corrected chi connectivity index (χ1v) is 7.60. The molecular weight excluding hydrogens is 299 g/mol. The van der Waals surface area contributed by atoms with Crippen LogP contribution in [0.3, 0.4) is 0 Å². The molecule has 2 aromatic carbocycles. The summed E-state index contributed by atoms with van der Waals surface area (Å²) in [5, 5.41) is 0.626. The minimum atomic E-state index is -0.0764. The fourth-order valence-electron chi connectivity index (χ4n) is 3.56. The quantitative estimate of drug-likeness (QED) is 0.591. The van der Waals surface area contributed by atoms with Crippen molar-refractivity contribution in [1.82, 2.24) is 0 Å². The molecule has 0 amide bonds. The number of rotatable bonds is 0. The SMILES string of the molecule is Clc1ccc2c(c1)[C@H]1c3ccccc3[C@H]2[C@@H](Cl)[C@H]1Cl. The third-order valence-electron chi connectivity index (χ3n) is 4.33. The zero-order valence-corrected chi connectivity index (χ0v) is 12.3. The number of hydrogen-bond acceptors (Lipinski definition) is 0. The highest BCUT2D eigenvalue weighted by Crippen LogP contribution is 2.56. The first-order valence-electron chi connectivity index (χ1n) is 6.35. The van der Waals surface area contributed by atoms with E-state index in [-0.39, 0.29) is 22.6 Å². The third kappa shape index (κ3) is 1.54. The summed E-state index contributed by atoms with van der Waals surface area (Å²) < 4.78 is 0. The molecule has 0 saturated carbocycles. The van der Waals surface area contributed by atoms with Gasteiger partial charge in [-0.1, -0.05) is 41.9 Å². The molecule has 0 radical (unpaired) electrons. The second kappa shape index (κ2) is 4.15. The zero-order chi connectivity index (χ0) is 13.1. The highest BCUT2D eigenvalue weighted by Gasteiger charge is 2.48. The molecule has 0 heterocycles. The van der Waals surface area contributed by atoms with Crippen molar-refractivity contribution in [2.24, 2.45) is 0 Å². The molecule has 3 aliphatic rings. The standard InChI is InChI=1S/C16H11Cl3/c17-8-5-6-11-12(7-8)14-10-4-2-1-3-9(10)13(11)15(18)16(14)19/h1-7,13-16H/t13-,14-,15-,16+/m1/s1. The Morgan fingerprint density at radius 2 is 1.21 bits per heavy atom. The molecule has 0 fully saturated rings. The van der Waals surface area contributed by atoms with Gasteiger partial charge >= 0.3 is 0 Å². The molecule has 4 atom stereocenters. The normalized spacial score (nSPS) is 30.9. The number of halogens is 3. The van der Waals surface area contributed by atoms with Crippen molar-refractivity contribution in [2.75, 3.05) is 0 Å². The second-order valence-electron chi connectivity index (χ2n) is 5.25. The molecule has 3 aliphatic carbocycles. The van der Waals surface area contributed by atoms with Gasteiger partial charge in [0.1, 0.15) is 0 Å². The van der Waals surface area contributed by atoms with Gasteiger partial charge in [-0.15, -0.1) is 23.2 Å². The summed E-state index contributed by atoms with van der Waals surface area (Å²) in [7, 11) is 0. The van der Waals surface area contributed by atoms with Crippen molar-refractivity contribution in [3.05, 3.63) is 69.7 Å². The summed E-state index contributed by atoms with van der Waals surface area (Å²) in [6.07, 6.45) is 0. The van der Waals surface area contributed by atoms with Crippen LogP contribution in [-0.4, -0.2) is 10.8 Å². The molecule has 0 unspecified atom stereocenters. The van der Waals surface area contributed by atoms with E-state index in [0.29, 0.717) is 0 Å². The number of fused-ring (bicyclic) bond motifs is 1. The molecular formula is C16H11Cl3. The van der Waals surface area contributed by atoms with Crippen molar-refractivity contribution in [2.45, 2.75) is 22.6 Å². The third-order valence-corrected chi connectivity index (χ3v) is 5.74. The molecule has 19 heavy (non-hydrogen) atoms. The molecule has 96 valence electrons. The van der Waals surface area contributed by atoms with Crippen LogP contribution in [0, 0.1) is 0 Å². The Bertz CT molecular complexity index is 665. The number of benzene rings is 2. The maximum absolute atomic E-state index is 6.60. The van der Waals surface area contributed by atoms with Crippen LogP contribution < -0.4 is 0 Å². The lowest BCUT2D eigenvalue weighted by Gasteiger charge is -2.46. The van der Waals surface area contributed by atoms with Gasteiger partial charge in [0.2, 0.25) is 0 Å². The maximum Gasteiger partial charge on any atom is 0.0618 e. The van der Waals surface area contributed by atoms with Gasteiger partial charge in [-0.05, 0) is 34.4 Å². The molecule has 0 aliphatic heterocycles. The van der Waals surface area contributed by atoms with Crippen LogP contribution in [0.2, 0.25) is 5.02 Å². The predicted molar refractivity (Wildman–Crippen MR) is 80.9 cm³/mol. The average Bonchev–Trinajstić information content (AvgIpc) is 2.42. The van der Waals surface area contributed by atoms with Crippen molar-refractivity contribution in [1.29, 1.82) is 0 Å². The summed E-state index contributed by atoms with van der Waals surface area (Å²) in [6.45, 7) is 0. The molecule has 5 rings (SSSR count). The van der Waals surface area contributed by atoms with Gasteiger partial charge in [0, 0.05) is 16.9 Å². The molecule has 0 nitrogen and oxygen atoms in total. The number of hydrogen-bond donors (Lipinski definition) is 0. The Morgan fingerprint density at radius 1 is 0.684 bits per heavy atom. The van der Waals surface area contributed by atoms with E-state index >= 15 is 0 Å². The first kappa shape index (κ1) is 12.1. The van der Waals surface area contributed by atoms with E-state index in [1.165, 1.54) is 22.3 Å². The fourth-order valence-corrected chi connectivity index (χ4v) is 4.58. The van der Waals surface area contributed by atoms with Crippen LogP contribution in [0.15, 0.2) is 42.5 Å². The van der Waals surface area contributed by atoms with Gasteiger partial charge < -0.3 is 0 Å². The highest BCUT2D eigenvalue weighted by molar-refractivity contribution is 6.32. The summed E-state index contributed by atoms with van der Waals surface area (Å²) in [6, 6.07) is 14.6. The Morgan fingerprint density at radius 3 is 1.84 bits per heavy atom. The molecule has 0 N–H and O–H groups in total. The lowest BCUT2D eigenvalue weighted by molar-refractivity contribution is 0.535. The molecule has 2 aromatic rings. The van der Waals surface area contributed by atoms with Crippen molar-refractivity contribution >= 4 is 34.8 Å².